The molecule has 0 aromatic heterocycles. The number of unbranched alkanes of at least 4 members (excludes halogenated alkanes) is 3. The van der Waals surface area contributed by atoms with E-state index in [0.717, 1.165) is 31.8 Å². The number of carbonyl (C=O) groups is 1. The van der Waals surface area contributed by atoms with Crippen molar-refractivity contribution in [3.8, 4) is 0 Å². The average Bonchev–Trinajstić information content (AvgIpc) is 2.33. The molecule has 1 aliphatic rings. The molecule has 0 saturated heterocycles. The maximum atomic E-state index is 13.6. The molecular formula is C15H22F2O3. The van der Waals surface area contributed by atoms with Crippen molar-refractivity contribution in [3.05, 3.63) is 23.2 Å². The van der Waals surface area contributed by atoms with E-state index in [0.29, 0.717) is 0 Å². The smallest absolute Gasteiger partial charge is 0.337 e. The molecular weight excluding hydrogens is 266 g/mol. The second-order valence-electron chi connectivity index (χ2n) is 5.13. The third-order valence-electron chi connectivity index (χ3n) is 3.29. The lowest BCUT2D eigenvalue weighted by Crippen LogP contribution is -2.21. The predicted octanol–water partition coefficient (Wildman–Crippen LogP) is 4.30. The van der Waals surface area contributed by atoms with Crippen LogP contribution >= 0.6 is 0 Å². The zero-order valence-electron chi connectivity index (χ0n) is 12.0. The van der Waals surface area contributed by atoms with Crippen LogP contribution in [0, 0.1) is 0 Å². The molecule has 1 rings (SSSR count). The number of hydrogen-bond donors (Lipinski definition) is 1. The van der Waals surface area contributed by atoms with E-state index >= 15 is 0 Å². The van der Waals surface area contributed by atoms with E-state index in [-0.39, 0.29) is 18.3 Å². The first-order valence-corrected chi connectivity index (χ1v) is 7.10. The molecule has 2 atom stereocenters. The van der Waals surface area contributed by atoms with Gasteiger partial charge in [-0.1, -0.05) is 26.2 Å². The molecule has 0 aliphatic heterocycles. The number of aliphatic carboxylic acids is 1. The van der Waals surface area contributed by atoms with Gasteiger partial charge in [0.15, 0.2) is 0 Å². The molecule has 0 fully saturated rings. The Hall–Kier alpha value is -1.39. The van der Waals surface area contributed by atoms with E-state index in [9.17, 15) is 13.6 Å². The van der Waals surface area contributed by atoms with E-state index in [1.165, 1.54) is 6.42 Å². The number of carboxylic acid groups (broad SMARTS) is 1. The van der Waals surface area contributed by atoms with Gasteiger partial charge < -0.3 is 9.84 Å². The molecule has 0 radical (unpaired) electrons. The van der Waals surface area contributed by atoms with E-state index < -0.39 is 23.5 Å². The maximum Gasteiger partial charge on any atom is 0.337 e. The highest BCUT2D eigenvalue weighted by Gasteiger charge is 2.30. The first-order chi connectivity index (χ1) is 9.45. The van der Waals surface area contributed by atoms with Gasteiger partial charge in [0.1, 0.15) is 23.3 Å². The van der Waals surface area contributed by atoms with Gasteiger partial charge in [-0.05, 0) is 19.8 Å². The van der Waals surface area contributed by atoms with E-state index in [1.807, 2.05) is 6.92 Å². The molecule has 5 heteroatoms. The fourth-order valence-electron chi connectivity index (χ4n) is 2.20. The van der Waals surface area contributed by atoms with Crippen molar-refractivity contribution in [2.45, 2.75) is 64.6 Å². The Balaban J connectivity index is 2.52. The summed E-state index contributed by atoms with van der Waals surface area (Å²) in [6.45, 7) is 3.98. The van der Waals surface area contributed by atoms with E-state index in [1.54, 1.807) is 0 Å². The third-order valence-corrected chi connectivity index (χ3v) is 3.29. The second kappa shape index (κ2) is 8.02. The fourth-order valence-corrected chi connectivity index (χ4v) is 2.20. The van der Waals surface area contributed by atoms with Crippen LogP contribution in [0.15, 0.2) is 23.2 Å². The number of hydrogen-bond acceptors (Lipinski definition) is 2. The second-order valence-corrected chi connectivity index (χ2v) is 5.13. The van der Waals surface area contributed by atoms with Gasteiger partial charge in [-0.3, -0.25) is 0 Å². The van der Waals surface area contributed by atoms with Crippen molar-refractivity contribution >= 4 is 5.97 Å². The number of alkyl halides is 1. The van der Waals surface area contributed by atoms with Crippen LogP contribution in [0.25, 0.3) is 0 Å². The molecule has 0 aromatic carbocycles. The number of rotatable bonds is 8. The minimum atomic E-state index is -1.85. The number of carboxylic acids is 1. The quantitative estimate of drug-likeness (QED) is 0.677. The number of halogens is 2. The van der Waals surface area contributed by atoms with Crippen molar-refractivity contribution in [2.75, 3.05) is 0 Å². The molecule has 0 saturated carbocycles. The van der Waals surface area contributed by atoms with Crippen LogP contribution in [0.3, 0.4) is 0 Å². The Bertz CT molecular complexity index is 402. The summed E-state index contributed by atoms with van der Waals surface area (Å²) in [7, 11) is 0. The summed E-state index contributed by atoms with van der Waals surface area (Å²) in [6, 6.07) is 0. The van der Waals surface area contributed by atoms with Crippen LogP contribution < -0.4 is 0 Å². The van der Waals surface area contributed by atoms with E-state index in [4.69, 9.17) is 9.84 Å². The van der Waals surface area contributed by atoms with Crippen molar-refractivity contribution in [3.63, 3.8) is 0 Å². The SMILES string of the molecule is CCCCCCC(C)OC1=CC(F)=C(C(=O)O)C(F)C1. The molecule has 0 heterocycles. The van der Waals surface area contributed by atoms with Crippen LogP contribution in [0.4, 0.5) is 8.78 Å². The molecule has 0 amide bonds. The summed E-state index contributed by atoms with van der Waals surface area (Å²) in [5, 5.41) is 8.71. The molecule has 0 bridgehead atoms. The maximum absolute atomic E-state index is 13.6. The first kappa shape index (κ1) is 16.7. The lowest BCUT2D eigenvalue weighted by atomic mass is 10.0. The zero-order valence-corrected chi connectivity index (χ0v) is 12.0. The van der Waals surface area contributed by atoms with Crippen molar-refractivity contribution in [2.24, 2.45) is 0 Å². The lowest BCUT2D eigenvalue weighted by molar-refractivity contribution is -0.133. The summed E-state index contributed by atoms with van der Waals surface area (Å²) in [6.07, 6.45) is 4.08. The van der Waals surface area contributed by atoms with Crippen molar-refractivity contribution in [1.29, 1.82) is 0 Å². The van der Waals surface area contributed by atoms with Crippen LogP contribution in [-0.4, -0.2) is 23.4 Å². The highest BCUT2D eigenvalue weighted by atomic mass is 19.1. The van der Waals surface area contributed by atoms with Crippen LogP contribution in [0.1, 0.15) is 52.4 Å². The van der Waals surface area contributed by atoms with Gasteiger partial charge in [-0.25, -0.2) is 13.6 Å². The Morgan fingerprint density at radius 3 is 2.75 bits per heavy atom. The van der Waals surface area contributed by atoms with Crippen LogP contribution in [0.2, 0.25) is 0 Å². The van der Waals surface area contributed by atoms with Gasteiger partial charge >= 0.3 is 5.97 Å². The van der Waals surface area contributed by atoms with Crippen molar-refractivity contribution in [1.82, 2.24) is 0 Å². The van der Waals surface area contributed by atoms with Crippen LogP contribution in [-0.2, 0) is 9.53 Å². The van der Waals surface area contributed by atoms with Gasteiger partial charge in [0.2, 0.25) is 0 Å². The number of allylic oxidation sites excluding steroid dienone is 3. The third kappa shape index (κ3) is 4.94. The summed E-state index contributed by atoms with van der Waals surface area (Å²) in [5.74, 6) is -2.43. The Kier molecular flexibility index (Phi) is 6.68. The standard InChI is InChI=1S/C15H22F2O3/c1-3-4-5-6-7-10(2)20-11-8-12(16)14(15(18)19)13(17)9-11/h8,10,13H,3-7,9H2,1-2H3,(H,18,19). The van der Waals surface area contributed by atoms with Gasteiger partial charge in [-0.15, -0.1) is 0 Å². The largest absolute Gasteiger partial charge is 0.495 e. The molecule has 1 N–H and O–H groups in total. The molecule has 3 nitrogen and oxygen atoms in total. The van der Waals surface area contributed by atoms with E-state index in [2.05, 4.69) is 6.92 Å². The first-order valence-electron chi connectivity index (χ1n) is 7.10. The summed E-state index contributed by atoms with van der Waals surface area (Å²) in [5.41, 5.74) is -0.812. The number of ether oxygens (including phenoxy) is 1. The topological polar surface area (TPSA) is 46.5 Å². The molecule has 1 aliphatic carbocycles. The Labute approximate surface area is 118 Å². The Morgan fingerprint density at radius 2 is 2.20 bits per heavy atom. The van der Waals surface area contributed by atoms with Gasteiger partial charge in [0.05, 0.1) is 6.10 Å². The highest BCUT2D eigenvalue weighted by Crippen LogP contribution is 2.29. The summed E-state index contributed by atoms with van der Waals surface area (Å²) < 4.78 is 32.6. The summed E-state index contributed by atoms with van der Waals surface area (Å²) >= 11 is 0. The van der Waals surface area contributed by atoms with Gasteiger partial charge in [0, 0.05) is 12.5 Å². The lowest BCUT2D eigenvalue weighted by Gasteiger charge is -2.22. The van der Waals surface area contributed by atoms with Gasteiger partial charge in [-0.2, -0.15) is 0 Å². The molecule has 0 spiro atoms. The highest BCUT2D eigenvalue weighted by molar-refractivity contribution is 5.89. The normalized spacial score (nSPS) is 20.6. The zero-order chi connectivity index (χ0) is 15.1. The van der Waals surface area contributed by atoms with Gasteiger partial charge in [0.25, 0.3) is 0 Å². The average molecular weight is 288 g/mol. The minimum absolute atomic E-state index is 0.121. The van der Waals surface area contributed by atoms with Crippen molar-refractivity contribution < 1.29 is 23.4 Å². The Morgan fingerprint density at radius 1 is 1.50 bits per heavy atom. The molecule has 0 aromatic rings. The summed E-state index contributed by atoms with van der Waals surface area (Å²) in [4.78, 5) is 10.7. The molecule has 2 unspecified atom stereocenters. The molecule has 20 heavy (non-hydrogen) atoms. The monoisotopic (exact) mass is 288 g/mol. The predicted molar refractivity (Wildman–Crippen MR) is 72.7 cm³/mol. The minimum Gasteiger partial charge on any atom is -0.495 e. The molecule has 114 valence electrons. The van der Waals surface area contributed by atoms with Crippen LogP contribution in [0.5, 0.6) is 0 Å². The fraction of sp³-hybridized carbons (Fsp3) is 0.667.